The molecule has 0 saturated carbocycles. The van der Waals surface area contributed by atoms with Gasteiger partial charge in [-0.05, 0) is 17.7 Å². The molecule has 0 aliphatic rings. The molecule has 2 N–H and O–H groups in total. The van der Waals surface area contributed by atoms with Gasteiger partial charge in [-0.1, -0.05) is 12.1 Å². The van der Waals surface area contributed by atoms with Gasteiger partial charge in [0.2, 0.25) is 0 Å². The second-order valence-electron chi connectivity index (χ2n) is 4.14. The Hall–Kier alpha value is -2.64. The summed E-state index contributed by atoms with van der Waals surface area (Å²) in [7, 11) is 0. The minimum Gasteiger partial charge on any atom is -0.476 e. The molecule has 8 heteroatoms. The van der Waals surface area contributed by atoms with E-state index in [-0.39, 0.29) is 18.1 Å². The number of carboxylic acids is 1. The first-order valence-electron chi connectivity index (χ1n) is 5.81. The molecule has 2 aromatic rings. The van der Waals surface area contributed by atoms with Crippen LogP contribution in [0, 0.1) is 0 Å². The molecule has 0 atom stereocenters. The van der Waals surface area contributed by atoms with Gasteiger partial charge in [0.05, 0.1) is 18.0 Å². The Labute approximate surface area is 117 Å². The molecule has 5 nitrogen and oxygen atoms in total. The highest BCUT2D eigenvalue weighted by Gasteiger charge is 2.29. The number of hydrogen-bond acceptors (Lipinski definition) is 4. The maximum atomic E-state index is 12.4. The molecule has 1 aromatic carbocycles. The number of aromatic nitrogens is 2. The van der Waals surface area contributed by atoms with Crippen molar-refractivity contribution in [3.8, 4) is 0 Å². The summed E-state index contributed by atoms with van der Waals surface area (Å²) in [6.45, 7) is 0.204. The van der Waals surface area contributed by atoms with Gasteiger partial charge in [0.1, 0.15) is 5.82 Å². The monoisotopic (exact) mass is 297 g/mol. The third kappa shape index (κ3) is 3.91. The maximum Gasteiger partial charge on any atom is 0.416 e. The predicted molar refractivity (Wildman–Crippen MR) is 67.8 cm³/mol. The third-order valence-electron chi connectivity index (χ3n) is 2.61. The van der Waals surface area contributed by atoms with Crippen molar-refractivity contribution >= 4 is 11.8 Å². The number of nitrogens with zero attached hydrogens (tertiary/aromatic N) is 2. The molecule has 0 unspecified atom stereocenters. The Bertz CT molecular complexity index is 642. The Morgan fingerprint density at radius 2 is 1.86 bits per heavy atom. The molecule has 0 aliphatic heterocycles. The van der Waals surface area contributed by atoms with Crippen molar-refractivity contribution in [3.63, 3.8) is 0 Å². The summed E-state index contributed by atoms with van der Waals surface area (Å²) in [4.78, 5) is 18.2. The molecule has 110 valence electrons. The molecule has 0 amide bonds. The molecular formula is C13H10F3N3O2. The Balaban J connectivity index is 2.03. The number of carboxylic acid groups (broad SMARTS) is 1. The normalized spacial score (nSPS) is 11.2. The summed E-state index contributed by atoms with van der Waals surface area (Å²) in [6.07, 6.45) is -1.94. The van der Waals surface area contributed by atoms with Crippen molar-refractivity contribution in [1.82, 2.24) is 9.97 Å². The van der Waals surface area contributed by atoms with Crippen LogP contribution in [-0.2, 0) is 12.7 Å². The van der Waals surface area contributed by atoms with Crippen LogP contribution < -0.4 is 5.32 Å². The molecule has 0 fully saturated rings. The van der Waals surface area contributed by atoms with Crippen LogP contribution >= 0.6 is 0 Å². The van der Waals surface area contributed by atoms with Crippen molar-refractivity contribution in [2.24, 2.45) is 0 Å². The fourth-order valence-electron chi connectivity index (χ4n) is 1.56. The molecule has 0 bridgehead atoms. The molecule has 0 saturated heterocycles. The molecule has 0 radical (unpaired) electrons. The van der Waals surface area contributed by atoms with Gasteiger partial charge in [0, 0.05) is 6.54 Å². The number of nitrogens with one attached hydrogen (secondary N) is 1. The maximum absolute atomic E-state index is 12.4. The molecular weight excluding hydrogens is 287 g/mol. The fraction of sp³-hybridized carbons (Fsp3) is 0.154. The molecule has 0 spiro atoms. The number of alkyl halides is 3. The number of benzene rings is 1. The van der Waals surface area contributed by atoms with E-state index in [4.69, 9.17) is 5.11 Å². The number of anilines is 1. The fourth-order valence-corrected chi connectivity index (χ4v) is 1.56. The summed E-state index contributed by atoms with van der Waals surface area (Å²) in [5.74, 6) is -0.976. The molecule has 0 aliphatic carbocycles. The number of hydrogen-bond donors (Lipinski definition) is 2. The highest BCUT2D eigenvalue weighted by Crippen LogP contribution is 2.29. The van der Waals surface area contributed by atoms with Crippen LogP contribution in [0.5, 0.6) is 0 Å². The van der Waals surface area contributed by atoms with Gasteiger partial charge in [-0.25, -0.2) is 9.78 Å². The zero-order valence-electron chi connectivity index (χ0n) is 10.6. The van der Waals surface area contributed by atoms with Gasteiger partial charge in [-0.2, -0.15) is 13.2 Å². The number of halogens is 3. The third-order valence-corrected chi connectivity index (χ3v) is 2.61. The van der Waals surface area contributed by atoms with Crippen LogP contribution in [0.3, 0.4) is 0 Å². The first-order chi connectivity index (χ1) is 9.86. The number of rotatable bonds is 4. The van der Waals surface area contributed by atoms with Crippen LogP contribution in [0.1, 0.15) is 21.6 Å². The lowest BCUT2D eigenvalue weighted by Gasteiger charge is -2.09. The largest absolute Gasteiger partial charge is 0.476 e. The summed E-state index contributed by atoms with van der Waals surface area (Å²) >= 11 is 0. The smallest absolute Gasteiger partial charge is 0.416 e. The lowest BCUT2D eigenvalue weighted by molar-refractivity contribution is -0.137. The van der Waals surface area contributed by atoms with Crippen molar-refractivity contribution < 1.29 is 23.1 Å². The van der Waals surface area contributed by atoms with Crippen LogP contribution in [-0.4, -0.2) is 21.0 Å². The van der Waals surface area contributed by atoms with E-state index in [9.17, 15) is 18.0 Å². The molecule has 1 aromatic heterocycles. The number of carbonyl (C=O) groups is 1. The van der Waals surface area contributed by atoms with E-state index >= 15 is 0 Å². The lowest BCUT2D eigenvalue weighted by Crippen LogP contribution is -2.08. The second kappa shape index (κ2) is 5.78. The number of aromatic carboxylic acids is 1. The van der Waals surface area contributed by atoms with Crippen LogP contribution in [0.4, 0.5) is 19.0 Å². The van der Waals surface area contributed by atoms with Gasteiger partial charge >= 0.3 is 12.1 Å². The van der Waals surface area contributed by atoms with Crippen LogP contribution in [0.25, 0.3) is 0 Å². The van der Waals surface area contributed by atoms with E-state index in [1.54, 1.807) is 0 Å². The van der Waals surface area contributed by atoms with E-state index in [2.05, 4.69) is 15.3 Å². The standard InChI is InChI=1S/C13H10F3N3O2/c14-13(15,16)9-3-1-8(2-4-9)5-18-11-7-17-6-10(19-11)12(20)21/h1-4,6-7H,5H2,(H,18,19)(H,20,21). The average Bonchev–Trinajstić information content (AvgIpc) is 2.45. The Morgan fingerprint density at radius 1 is 1.19 bits per heavy atom. The molecule has 2 rings (SSSR count). The van der Waals surface area contributed by atoms with E-state index in [0.717, 1.165) is 18.3 Å². The topological polar surface area (TPSA) is 75.1 Å². The van der Waals surface area contributed by atoms with Gasteiger partial charge in [0.25, 0.3) is 0 Å². The quantitative estimate of drug-likeness (QED) is 0.907. The van der Waals surface area contributed by atoms with Gasteiger partial charge < -0.3 is 10.4 Å². The zero-order valence-corrected chi connectivity index (χ0v) is 10.6. The van der Waals surface area contributed by atoms with E-state index in [0.29, 0.717) is 5.56 Å². The van der Waals surface area contributed by atoms with Crippen molar-refractivity contribution in [3.05, 3.63) is 53.5 Å². The Kier molecular flexibility index (Phi) is 4.06. The predicted octanol–water partition coefficient (Wildman–Crippen LogP) is 2.81. The van der Waals surface area contributed by atoms with E-state index < -0.39 is 17.7 Å². The molecule has 21 heavy (non-hydrogen) atoms. The summed E-state index contributed by atoms with van der Waals surface area (Å²) < 4.78 is 37.2. The van der Waals surface area contributed by atoms with Crippen molar-refractivity contribution in [2.45, 2.75) is 12.7 Å². The SMILES string of the molecule is O=C(O)c1cncc(NCc2ccc(C(F)(F)F)cc2)n1. The van der Waals surface area contributed by atoms with Gasteiger partial charge in [-0.15, -0.1) is 0 Å². The summed E-state index contributed by atoms with van der Waals surface area (Å²) in [5.41, 5.74) is -0.336. The molecule has 1 heterocycles. The first-order valence-corrected chi connectivity index (χ1v) is 5.81. The average molecular weight is 297 g/mol. The zero-order chi connectivity index (χ0) is 15.5. The van der Waals surface area contributed by atoms with Crippen molar-refractivity contribution in [2.75, 3.05) is 5.32 Å². The van der Waals surface area contributed by atoms with E-state index in [1.807, 2.05) is 0 Å². The minimum atomic E-state index is -4.37. The van der Waals surface area contributed by atoms with Gasteiger partial charge in [-0.3, -0.25) is 4.98 Å². The van der Waals surface area contributed by atoms with Crippen LogP contribution in [0.2, 0.25) is 0 Å². The highest BCUT2D eigenvalue weighted by molar-refractivity contribution is 5.85. The summed E-state index contributed by atoms with van der Waals surface area (Å²) in [5, 5.41) is 11.6. The van der Waals surface area contributed by atoms with Crippen LogP contribution in [0.15, 0.2) is 36.7 Å². The second-order valence-corrected chi connectivity index (χ2v) is 4.14. The highest BCUT2D eigenvalue weighted by atomic mass is 19.4. The summed E-state index contributed by atoms with van der Waals surface area (Å²) in [6, 6.07) is 4.64. The minimum absolute atomic E-state index is 0.204. The Morgan fingerprint density at radius 3 is 2.43 bits per heavy atom. The van der Waals surface area contributed by atoms with Crippen molar-refractivity contribution in [1.29, 1.82) is 0 Å². The van der Waals surface area contributed by atoms with E-state index in [1.165, 1.54) is 18.3 Å². The lowest BCUT2D eigenvalue weighted by atomic mass is 10.1. The first kappa shape index (κ1) is 14.8. The van der Waals surface area contributed by atoms with Gasteiger partial charge in [0.15, 0.2) is 5.69 Å².